The molecule has 4 nitrogen and oxygen atoms in total. The molecule has 0 aliphatic rings. The summed E-state index contributed by atoms with van der Waals surface area (Å²) in [7, 11) is 0. The van der Waals surface area contributed by atoms with Gasteiger partial charge in [0.25, 0.3) is 0 Å². The van der Waals surface area contributed by atoms with E-state index in [9.17, 15) is 4.79 Å². The summed E-state index contributed by atoms with van der Waals surface area (Å²) in [6.45, 7) is 7.27. The third kappa shape index (κ3) is 6.14. The zero-order valence-corrected chi connectivity index (χ0v) is 16.4. The lowest BCUT2D eigenvalue weighted by Crippen LogP contribution is -2.32. The van der Waals surface area contributed by atoms with E-state index in [1.54, 1.807) is 4.90 Å². The SMILES string of the molecule is CCOc1ccc(N(CCC#N)C(=O)CCc2ccc(C(C)C)cc2)cc1. The summed E-state index contributed by atoms with van der Waals surface area (Å²) in [5.74, 6) is 1.31. The summed E-state index contributed by atoms with van der Waals surface area (Å²) in [5, 5.41) is 8.93. The number of nitriles is 1. The van der Waals surface area contributed by atoms with Crippen LogP contribution in [0.3, 0.4) is 0 Å². The van der Waals surface area contributed by atoms with Crippen LogP contribution in [0.25, 0.3) is 0 Å². The van der Waals surface area contributed by atoms with Gasteiger partial charge in [0.1, 0.15) is 5.75 Å². The highest BCUT2D eigenvalue weighted by Crippen LogP contribution is 2.21. The van der Waals surface area contributed by atoms with Gasteiger partial charge in [0.2, 0.25) is 5.91 Å². The molecule has 0 radical (unpaired) electrons. The number of carbonyl (C=O) groups is 1. The predicted octanol–water partition coefficient (Wildman–Crippen LogP) is 5.09. The highest BCUT2D eigenvalue weighted by atomic mass is 16.5. The van der Waals surface area contributed by atoms with Crippen molar-refractivity contribution in [3.05, 3.63) is 59.7 Å². The Hall–Kier alpha value is -2.80. The van der Waals surface area contributed by atoms with E-state index in [0.717, 1.165) is 17.0 Å². The smallest absolute Gasteiger partial charge is 0.227 e. The molecule has 0 aromatic heterocycles. The van der Waals surface area contributed by atoms with Crippen molar-refractivity contribution in [1.29, 1.82) is 5.26 Å². The van der Waals surface area contributed by atoms with Gasteiger partial charge in [-0.2, -0.15) is 5.26 Å². The molecule has 0 aliphatic carbocycles. The lowest BCUT2D eigenvalue weighted by atomic mass is 10.00. The maximum Gasteiger partial charge on any atom is 0.227 e. The molecule has 0 spiro atoms. The number of benzene rings is 2. The van der Waals surface area contributed by atoms with E-state index in [1.165, 1.54) is 5.56 Å². The van der Waals surface area contributed by atoms with Gasteiger partial charge in [-0.05, 0) is 54.7 Å². The molecule has 0 bridgehead atoms. The maximum atomic E-state index is 12.8. The molecular formula is C23H28N2O2. The molecule has 27 heavy (non-hydrogen) atoms. The lowest BCUT2D eigenvalue weighted by molar-refractivity contribution is -0.118. The molecule has 142 valence electrons. The van der Waals surface area contributed by atoms with Crippen LogP contribution >= 0.6 is 0 Å². The van der Waals surface area contributed by atoms with Crippen molar-refractivity contribution >= 4 is 11.6 Å². The second kappa shape index (κ2) is 10.4. The minimum absolute atomic E-state index is 0.0300. The summed E-state index contributed by atoms with van der Waals surface area (Å²) in [6.07, 6.45) is 1.42. The third-order valence-electron chi connectivity index (χ3n) is 4.48. The summed E-state index contributed by atoms with van der Waals surface area (Å²) < 4.78 is 5.46. The van der Waals surface area contributed by atoms with Gasteiger partial charge in [0.05, 0.1) is 19.1 Å². The van der Waals surface area contributed by atoms with E-state index in [0.29, 0.717) is 38.3 Å². The number of nitrogens with zero attached hydrogens (tertiary/aromatic N) is 2. The van der Waals surface area contributed by atoms with Crippen LogP contribution in [0.2, 0.25) is 0 Å². The monoisotopic (exact) mass is 364 g/mol. The van der Waals surface area contributed by atoms with E-state index in [4.69, 9.17) is 10.00 Å². The van der Waals surface area contributed by atoms with E-state index >= 15 is 0 Å². The Morgan fingerprint density at radius 1 is 1.11 bits per heavy atom. The van der Waals surface area contributed by atoms with Gasteiger partial charge in [0.15, 0.2) is 0 Å². The second-order valence-electron chi connectivity index (χ2n) is 6.78. The zero-order valence-electron chi connectivity index (χ0n) is 16.4. The van der Waals surface area contributed by atoms with Crippen molar-refractivity contribution in [2.75, 3.05) is 18.1 Å². The average Bonchev–Trinajstić information content (AvgIpc) is 2.68. The van der Waals surface area contributed by atoms with Crippen LogP contribution in [-0.4, -0.2) is 19.1 Å². The van der Waals surface area contributed by atoms with Gasteiger partial charge in [-0.3, -0.25) is 4.79 Å². The molecule has 0 unspecified atom stereocenters. The fourth-order valence-electron chi connectivity index (χ4n) is 2.90. The number of hydrogen-bond donors (Lipinski definition) is 0. The minimum atomic E-state index is 0.0300. The van der Waals surface area contributed by atoms with Crippen LogP contribution in [0, 0.1) is 11.3 Å². The molecule has 0 fully saturated rings. The Morgan fingerprint density at radius 3 is 2.33 bits per heavy atom. The number of aryl methyl sites for hydroxylation is 1. The molecular weight excluding hydrogens is 336 g/mol. The first-order valence-corrected chi connectivity index (χ1v) is 9.54. The van der Waals surface area contributed by atoms with Crippen molar-refractivity contribution in [1.82, 2.24) is 0 Å². The Balaban J connectivity index is 2.04. The first-order valence-electron chi connectivity index (χ1n) is 9.54. The zero-order chi connectivity index (χ0) is 19.6. The predicted molar refractivity (Wildman–Crippen MR) is 109 cm³/mol. The molecule has 2 aromatic carbocycles. The van der Waals surface area contributed by atoms with Crippen LogP contribution in [-0.2, 0) is 11.2 Å². The number of anilines is 1. The number of amides is 1. The lowest BCUT2D eigenvalue weighted by Gasteiger charge is -2.22. The molecule has 0 atom stereocenters. The van der Waals surface area contributed by atoms with Crippen LogP contribution < -0.4 is 9.64 Å². The number of hydrogen-bond acceptors (Lipinski definition) is 3. The van der Waals surface area contributed by atoms with Crippen molar-refractivity contribution in [2.45, 2.75) is 46.0 Å². The summed E-state index contributed by atoms with van der Waals surface area (Å²) in [4.78, 5) is 14.5. The van der Waals surface area contributed by atoms with Crippen molar-refractivity contribution < 1.29 is 9.53 Å². The van der Waals surface area contributed by atoms with E-state index < -0.39 is 0 Å². The first-order chi connectivity index (χ1) is 13.0. The Bertz CT molecular complexity index is 758. The van der Waals surface area contributed by atoms with Gasteiger partial charge in [0, 0.05) is 18.7 Å². The molecule has 0 saturated heterocycles. The quantitative estimate of drug-likeness (QED) is 0.623. The Labute approximate surface area is 162 Å². The van der Waals surface area contributed by atoms with Crippen LogP contribution in [0.1, 0.15) is 50.7 Å². The van der Waals surface area contributed by atoms with Crippen molar-refractivity contribution in [2.24, 2.45) is 0 Å². The summed E-state index contributed by atoms with van der Waals surface area (Å²) >= 11 is 0. The van der Waals surface area contributed by atoms with Crippen molar-refractivity contribution in [3.63, 3.8) is 0 Å². The van der Waals surface area contributed by atoms with Gasteiger partial charge < -0.3 is 9.64 Å². The molecule has 2 aromatic rings. The van der Waals surface area contributed by atoms with Crippen LogP contribution in [0.15, 0.2) is 48.5 Å². The van der Waals surface area contributed by atoms with Gasteiger partial charge in [-0.15, -0.1) is 0 Å². The van der Waals surface area contributed by atoms with E-state index in [2.05, 4.69) is 44.2 Å². The highest BCUT2D eigenvalue weighted by molar-refractivity contribution is 5.93. The van der Waals surface area contributed by atoms with Crippen molar-refractivity contribution in [3.8, 4) is 11.8 Å². The Morgan fingerprint density at radius 2 is 1.78 bits per heavy atom. The molecule has 0 heterocycles. The second-order valence-corrected chi connectivity index (χ2v) is 6.78. The molecule has 0 saturated carbocycles. The number of rotatable bonds is 9. The Kier molecular flexibility index (Phi) is 7.88. The minimum Gasteiger partial charge on any atom is -0.494 e. The molecule has 0 aliphatic heterocycles. The largest absolute Gasteiger partial charge is 0.494 e. The fourth-order valence-corrected chi connectivity index (χ4v) is 2.90. The molecule has 2 rings (SSSR count). The summed E-state index contributed by atoms with van der Waals surface area (Å²) in [5.41, 5.74) is 3.25. The molecule has 0 N–H and O–H groups in total. The standard InChI is InChI=1S/C23H28N2O2/c1-4-27-22-13-11-21(12-14-22)25(17-5-16-24)23(26)15-8-19-6-9-20(10-7-19)18(2)3/h6-7,9-14,18H,4-5,8,15,17H2,1-3H3. The summed E-state index contributed by atoms with van der Waals surface area (Å²) in [6, 6.07) is 18.0. The highest BCUT2D eigenvalue weighted by Gasteiger charge is 2.15. The topological polar surface area (TPSA) is 53.3 Å². The van der Waals surface area contributed by atoms with Gasteiger partial charge in [-0.1, -0.05) is 38.1 Å². The van der Waals surface area contributed by atoms with E-state index in [1.807, 2.05) is 31.2 Å². The average molecular weight is 364 g/mol. The van der Waals surface area contributed by atoms with Gasteiger partial charge in [-0.25, -0.2) is 0 Å². The third-order valence-corrected chi connectivity index (χ3v) is 4.48. The number of ether oxygens (including phenoxy) is 1. The fraction of sp³-hybridized carbons (Fsp3) is 0.391. The molecule has 1 amide bonds. The maximum absolute atomic E-state index is 12.8. The molecule has 4 heteroatoms. The van der Waals surface area contributed by atoms with Gasteiger partial charge >= 0.3 is 0 Å². The normalized spacial score (nSPS) is 10.5. The first kappa shape index (κ1) is 20.5. The van der Waals surface area contributed by atoms with Crippen LogP contribution in [0.4, 0.5) is 5.69 Å². The van der Waals surface area contributed by atoms with Crippen LogP contribution in [0.5, 0.6) is 5.75 Å². The van der Waals surface area contributed by atoms with E-state index in [-0.39, 0.29) is 5.91 Å². The number of carbonyl (C=O) groups excluding carboxylic acids is 1.